The summed E-state index contributed by atoms with van der Waals surface area (Å²) in [6.45, 7) is 0.415. The van der Waals surface area contributed by atoms with E-state index in [-0.39, 0.29) is 42.4 Å². The topological polar surface area (TPSA) is 183 Å². The number of carboxylic acid groups (broad SMARTS) is 1. The van der Waals surface area contributed by atoms with Gasteiger partial charge in [0.05, 0.1) is 24.0 Å². The van der Waals surface area contributed by atoms with Gasteiger partial charge < -0.3 is 30.7 Å². The maximum Gasteiger partial charge on any atom is 0.323 e. The number of nitrogens with one attached hydrogen (secondary N) is 2. The molecule has 2 fully saturated rings. The molecule has 14 heteroatoms. The third-order valence-corrected chi connectivity index (χ3v) is 8.68. The van der Waals surface area contributed by atoms with E-state index in [9.17, 15) is 27.9 Å². The van der Waals surface area contributed by atoms with Gasteiger partial charge in [0.25, 0.3) is 0 Å². The zero-order chi connectivity index (χ0) is 27.4. The summed E-state index contributed by atoms with van der Waals surface area (Å²) in [5.41, 5.74) is 5.53. The van der Waals surface area contributed by atoms with E-state index in [1.165, 1.54) is 12.1 Å². The predicted molar refractivity (Wildman–Crippen MR) is 145 cm³/mol. The van der Waals surface area contributed by atoms with E-state index >= 15 is 0 Å². The lowest BCUT2D eigenvalue weighted by atomic mass is 10.1. The Hall–Kier alpha value is -3.42. The van der Waals surface area contributed by atoms with Crippen molar-refractivity contribution in [1.29, 1.82) is 5.41 Å². The van der Waals surface area contributed by atoms with Gasteiger partial charge in [-0.2, -0.15) is 0 Å². The molecule has 1 aliphatic carbocycles. The summed E-state index contributed by atoms with van der Waals surface area (Å²) in [5.74, 6) is -2.98. The molecule has 212 valence electrons. The summed E-state index contributed by atoms with van der Waals surface area (Å²) in [5, 5.41) is 19.2. The quantitative estimate of drug-likeness (QED) is 0.230. The Labute approximate surface area is 232 Å². The lowest BCUT2D eigenvalue weighted by Gasteiger charge is -2.33. The van der Waals surface area contributed by atoms with Crippen LogP contribution >= 0.6 is 12.4 Å². The number of hydrogen-bond acceptors (Lipinski definition) is 7. The Bertz CT molecular complexity index is 1350. The van der Waals surface area contributed by atoms with Crippen LogP contribution in [0.1, 0.15) is 19.3 Å². The van der Waals surface area contributed by atoms with E-state index in [4.69, 9.17) is 15.9 Å². The molecule has 0 bridgehead atoms. The normalized spacial score (nSPS) is 18.1. The number of amides is 2. The van der Waals surface area contributed by atoms with Crippen LogP contribution in [0.3, 0.4) is 0 Å². The highest BCUT2D eigenvalue weighted by atomic mass is 35.5. The Morgan fingerprint density at radius 2 is 1.87 bits per heavy atom. The van der Waals surface area contributed by atoms with Crippen LogP contribution in [0.25, 0.3) is 10.8 Å². The molecule has 1 aliphatic heterocycles. The van der Waals surface area contributed by atoms with Gasteiger partial charge in [-0.05, 0) is 35.7 Å². The van der Waals surface area contributed by atoms with Crippen LogP contribution in [0.2, 0.25) is 0 Å². The van der Waals surface area contributed by atoms with Gasteiger partial charge in [-0.15, -0.1) is 12.4 Å². The average Bonchev–Trinajstić information content (AvgIpc) is 3.74. The molecule has 1 saturated carbocycles. The highest BCUT2D eigenvalue weighted by Gasteiger charge is 2.43. The van der Waals surface area contributed by atoms with Crippen LogP contribution in [-0.2, 0) is 29.0 Å². The number of carboxylic acids is 1. The van der Waals surface area contributed by atoms with E-state index in [1.807, 2.05) is 12.1 Å². The Morgan fingerprint density at radius 3 is 2.51 bits per heavy atom. The minimum Gasteiger partial charge on any atom is -0.480 e. The second kappa shape index (κ2) is 12.6. The number of fused-ring (bicyclic) bond motifs is 1. The second-order valence-corrected chi connectivity index (χ2v) is 11.6. The zero-order valence-electron chi connectivity index (χ0n) is 21.1. The Kier molecular flexibility index (Phi) is 9.75. The van der Waals surface area contributed by atoms with Crippen molar-refractivity contribution < 1.29 is 32.6 Å². The number of aliphatic carboxylic acids is 1. The number of ether oxygens (including phenoxy) is 1. The SMILES string of the molecule is Cl.N=C(N)N1CCOC(CNC(=O)C[C@@H](C(=O)N(CC(=O)O)C2CC2)S(=O)(=O)c2ccc3ccccc3c2)C1. The predicted octanol–water partition coefficient (Wildman–Crippen LogP) is 0.580. The van der Waals surface area contributed by atoms with Gasteiger partial charge in [0, 0.05) is 25.7 Å². The Balaban J connectivity index is 0.00000420. The van der Waals surface area contributed by atoms with Crippen LogP contribution in [0, 0.1) is 5.41 Å². The van der Waals surface area contributed by atoms with Gasteiger partial charge in [0.2, 0.25) is 11.8 Å². The second-order valence-electron chi connectivity index (χ2n) is 9.47. The molecule has 2 aromatic carbocycles. The largest absolute Gasteiger partial charge is 0.480 e. The van der Waals surface area contributed by atoms with Crippen molar-refractivity contribution in [3.63, 3.8) is 0 Å². The molecule has 12 nitrogen and oxygen atoms in total. The summed E-state index contributed by atoms with van der Waals surface area (Å²) in [6, 6.07) is 11.2. The molecular weight excluding hydrogens is 550 g/mol. The van der Waals surface area contributed by atoms with Gasteiger partial charge >= 0.3 is 5.97 Å². The molecule has 5 N–H and O–H groups in total. The number of nitrogens with zero attached hydrogens (tertiary/aromatic N) is 2. The number of carbonyl (C=O) groups excluding carboxylic acids is 2. The molecule has 39 heavy (non-hydrogen) atoms. The first kappa shape index (κ1) is 30.1. The molecular formula is C25H32ClN5O7S. The van der Waals surface area contributed by atoms with Gasteiger partial charge in [-0.25, -0.2) is 8.42 Å². The number of benzene rings is 2. The molecule has 2 aliphatic rings. The maximum atomic E-state index is 13.8. The zero-order valence-corrected chi connectivity index (χ0v) is 22.7. The van der Waals surface area contributed by atoms with Crippen LogP contribution in [0.4, 0.5) is 0 Å². The first-order chi connectivity index (χ1) is 18.1. The molecule has 0 aromatic heterocycles. The minimum absolute atomic E-state index is 0. The fraction of sp³-hybridized carbons (Fsp3) is 0.440. The molecule has 2 atom stereocenters. The smallest absolute Gasteiger partial charge is 0.323 e. The number of carbonyl (C=O) groups is 3. The van der Waals surface area contributed by atoms with Crippen molar-refractivity contribution in [2.75, 3.05) is 32.8 Å². The average molecular weight is 582 g/mol. The van der Waals surface area contributed by atoms with Crippen molar-refractivity contribution >= 4 is 56.8 Å². The fourth-order valence-electron chi connectivity index (χ4n) is 4.47. The van der Waals surface area contributed by atoms with E-state index in [0.29, 0.717) is 31.4 Å². The van der Waals surface area contributed by atoms with Gasteiger partial charge in [-0.1, -0.05) is 30.3 Å². The maximum absolute atomic E-state index is 13.8. The van der Waals surface area contributed by atoms with Crippen LogP contribution in [0.15, 0.2) is 47.4 Å². The third-order valence-electron chi connectivity index (χ3n) is 6.65. The molecule has 1 unspecified atom stereocenters. The molecule has 2 amide bonds. The number of halogens is 1. The molecule has 2 aromatic rings. The molecule has 0 spiro atoms. The Morgan fingerprint density at radius 1 is 1.18 bits per heavy atom. The number of sulfone groups is 1. The first-order valence-corrected chi connectivity index (χ1v) is 13.8. The van der Waals surface area contributed by atoms with Crippen molar-refractivity contribution in [2.24, 2.45) is 5.73 Å². The number of guanidine groups is 1. The lowest BCUT2D eigenvalue weighted by molar-refractivity contribution is -0.145. The molecule has 1 heterocycles. The fourth-order valence-corrected chi connectivity index (χ4v) is 6.12. The highest BCUT2D eigenvalue weighted by Crippen LogP contribution is 2.30. The van der Waals surface area contributed by atoms with Crippen molar-refractivity contribution in [3.8, 4) is 0 Å². The van der Waals surface area contributed by atoms with Crippen LogP contribution < -0.4 is 11.1 Å². The van der Waals surface area contributed by atoms with Crippen molar-refractivity contribution in [1.82, 2.24) is 15.1 Å². The summed E-state index contributed by atoms with van der Waals surface area (Å²) in [7, 11) is -4.37. The molecule has 1 saturated heterocycles. The van der Waals surface area contributed by atoms with E-state index < -0.39 is 51.9 Å². The number of hydrogen-bond donors (Lipinski definition) is 4. The van der Waals surface area contributed by atoms with E-state index in [1.54, 1.807) is 23.1 Å². The van der Waals surface area contributed by atoms with Gasteiger partial charge in [-0.3, -0.25) is 19.8 Å². The van der Waals surface area contributed by atoms with Crippen LogP contribution in [-0.4, -0.2) is 97.2 Å². The van der Waals surface area contributed by atoms with E-state index in [2.05, 4.69) is 5.32 Å². The summed E-state index contributed by atoms with van der Waals surface area (Å²) in [6.07, 6.45) is -0.0167. The monoisotopic (exact) mass is 581 g/mol. The molecule has 4 rings (SSSR count). The summed E-state index contributed by atoms with van der Waals surface area (Å²) >= 11 is 0. The summed E-state index contributed by atoms with van der Waals surface area (Å²) in [4.78, 5) is 40.4. The van der Waals surface area contributed by atoms with Gasteiger partial charge in [0.15, 0.2) is 21.0 Å². The van der Waals surface area contributed by atoms with Gasteiger partial charge in [0.1, 0.15) is 6.54 Å². The van der Waals surface area contributed by atoms with Crippen molar-refractivity contribution in [2.45, 2.75) is 41.6 Å². The number of rotatable bonds is 10. The van der Waals surface area contributed by atoms with Crippen LogP contribution in [0.5, 0.6) is 0 Å². The molecule has 0 radical (unpaired) electrons. The third kappa shape index (κ3) is 7.37. The number of morpholine rings is 1. The minimum atomic E-state index is -4.37. The number of nitrogens with two attached hydrogens (primary N) is 1. The van der Waals surface area contributed by atoms with E-state index in [0.717, 1.165) is 10.3 Å². The highest BCUT2D eigenvalue weighted by molar-refractivity contribution is 7.92. The first-order valence-electron chi connectivity index (χ1n) is 12.3. The summed E-state index contributed by atoms with van der Waals surface area (Å²) < 4.78 is 33.1. The van der Waals surface area contributed by atoms with Crippen molar-refractivity contribution in [3.05, 3.63) is 42.5 Å². The standard InChI is InChI=1S/C25H31N5O7S.ClH/c26-25(27)29-9-10-37-19(14-29)13-28-22(31)12-21(24(34)30(15-23(32)33)18-6-7-18)38(35,36)20-8-5-16-3-1-2-4-17(16)11-20;/h1-5,8,11,18-19,21H,6-7,9-10,12-15H2,(H3,26,27)(H,28,31)(H,32,33);1H/t19?,21-;/m0./s1. The lowest BCUT2D eigenvalue weighted by Crippen LogP contribution is -2.52.